The number of rotatable bonds is 35. The molecule has 0 saturated heterocycles. The molecule has 0 aromatic heterocycles. The van der Waals surface area contributed by atoms with Crippen LogP contribution in [0.4, 0.5) is 0 Å². The zero-order chi connectivity index (χ0) is 40.0. The molecular weight excluding hydrogens is 709 g/mol. The average molecular weight is 778 g/mol. The van der Waals surface area contributed by atoms with Gasteiger partial charge in [0.05, 0.1) is 13.2 Å². The molecule has 0 rings (SSSR count). The third-order valence-corrected chi connectivity index (χ3v) is 8.58. The fourth-order valence-electron chi connectivity index (χ4n) is 4.53. The number of esters is 2. The predicted molar refractivity (Wildman–Crippen MR) is 217 cm³/mol. The van der Waals surface area contributed by atoms with E-state index in [1.54, 1.807) is 0 Å². The Bertz CT molecular complexity index is 1240. The van der Waals surface area contributed by atoms with Crippen molar-refractivity contribution in [3.8, 4) is 0 Å². The van der Waals surface area contributed by atoms with Gasteiger partial charge in [0, 0.05) is 12.8 Å². The fraction of sp³-hybridized carbons (Fsp3) is 0.595. The van der Waals surface area contributed by atoms with E-state index in [2.05, 4.69) is 103 Å². The van der Waals surface area contributed by atoms with Gasteiger partial charge < -0.3 is 25.2 Å². The lowest BCUT2D eigenvalue weighted by Crippen LogP contribution is -2.34. The molecule has 0 aliphatic heterocycles. The van der Waals surface area contributed by atoms with Gasteiger partial charge in [0.1, 0.15) is 12.6 Å². The van der Waals surface area contributed by atoms with Crippen LogP contribution in [0, 0.1) is 0 Å². The van der Waals surface area contributed by atoms with E-state index in [-0.39, 0.29) is 19.4 Å². The van der Waals surface area contributed by atoms with Crippen molar-refractivity contribution in [1.29, 1.82) is 0 Å². The van der Waals surface area contributed by atoms with E-state index >= 15 is 0 Å². The van der Waals surface area contributed by atoms with E-state index < -0.39 is 51.1 Å². The zero-order valence-electron chi connectivity index (χ0n) is 32.8. The van der Waals surface area contributed by atoms with Gasteiger partial charge in [-0.25, -0.2) is 4.57 Å². The number of carboxylic acids is 1. The number of carbonyl (C=O) groups is 3. The Kier molecular flexibility index (Phi) is 34.4. The minimum Gasteiger partial charge on any atom is -0.480 e. The molecule has 0 aromatic carbocycles. The van der Waals surface area contributed by atoms with Gasteiger partial charge in [-0.1, -0.05) is 112 Å². The maximum absolute atomic E-state index is 12.6. The van der Waals surface area contributed by atoms with Crippen molar-refractivity contribution in [2.75, 3.05) is 19.8 Å². The van der Waals surface area contributed by atoms with Gasteiger partial charge in [0.2, 0.25) is 0 Å². The third kappa shape index (κ3) is 35.7. The first-order valence-corrected chi connectivity index (χ1v) is 21.1. The van der Waals surface area contributed by atoms with Crippen LogP contribution in [0.15, 0.2) is 85.1 Å². The molecule has 4 N–H and O–H groups in total. The zero-order valence-corrected chi connectivity index (χ0v) is 33.7. The highest BCUT2D eigenvalue weighted by Crippen LogP contribution is 2.43. The maximum atomic E-state index is 12.6. The first-order chi connectivity index (χ1) is 26.1. The maximum Gasteiger partial charge on any atom is 0.472 e. The van der Waals surface area contributed by atoms with Crippen molar-refractivity contribution in [1.82, 2.24) is 0 Å². The summed E-state index contributed by atoms with van der Waals surface area (Å²) in [6, 6.07) is -1.54. The fourth-order valence-corrected chi connectivity index (χ4v) is 5.31. The minimum absolute atomic E-state index is 0.0980. The van der Waals surface area contributed by atoms with Crippen molar-refractivity contribution in [2.45, 2.75) is 142 Å². The van der Waals surface area contributed by atoms with Crippen LogP contribution >= 0.6 is 7.82 Å². The lowest BCUT2D eigenvalue weighted by Gasteiger charge is -2.20. The number of phosphoric acid groups is 1. The number of allylic oxidation sites excluding steroid dienone is 14. The van der Waals surface area contributed by atoms with E-state index in [0.29, 0.717) is 12.8 Å². The molecule has 0 amide bonds. The second kappa shape index (κ2) is 36.6. The largest absolute Gasteiger partial charge is 0.480 e. The summed E-state index contributed by atoms with van der Waals surface area (Å²) in [5.74, 6) is -2.50. The summed E-state index contributed by atoms with van der Waals surface area (Å²) in [5.41, 5.74) is 5.31. The summed E-state index contributed by atoms with van der Waals surface area (Å²) in [5, 5.41) is 8.87. The van der Waals surface area contributed by atoms with Crippen molar-refractivity contribution < 1.29 is 47.5 Å². The van der Waals surface area contributed by atoms with Crippen LogP contribution < -0.4 is 5.73 Å². The van der Waals surface area contributed by atoms with Crippen molar-refractivity contribution in [3.05, 3.63) is 85.1 Å². The molecule has 12 heteroatoms. The monoisotopic (exact) mass is 777 g/mol. The van der Waals surface area contributed by atoms with Gasteiger partial charge in [-0.3, -0.25) is 23.4 Å². The second-order valence-corrected chi connectivity index (χ2v) is 14.1. The number of phosphoric ester groups is 1. The first-order valence-electron chi connectivity index (χ1n) is 19.6. The highest BCUT2D eigenvalue weighted by atomic mass is 31.2. The normalized spacial score (nSPS) is 14.7. The standard InChI is InChI=1S/C42H68NO10P/c1-3-5-7-9-11-13-15-17-19-21-23-25-27-29-31-33-40(44)50-35-38(36-51-54(48,49)52-37-39(43)42(46)47)53-41(45)34-32-30-28-26-24-22-20-18-16-14-12-10-8-6-4-2/h5,7,11-14,17-20,23-26,38-39H,3-4,6,8-10,15-16,21-22,27-37,43H2,1-2H3,(H,46,47)(H,48,49)/b7-5-,13-11-,14-12-,19-17-,20-18-,25-23-,26-24-/t38-,39+/m1/s1. The van der Waals surface area contributed by atoms with Crippen molar-refractivity contribution in [3.63, 3.8) is 0 Å². The number of hydrogen-bond acceptors (Lipinski definition) is 9. The molecular formula is C42H68NO10P. The van der Waals surface area contributed by atoms with Crippen molar-refractivity contribution >= 4 is 25.7 Å². The van der Waals surface area contributed by atoms with E-state index in [1.165, 1.54) is 19.3 Å². The Morgan fingerprint density at radius 3 is 1.48 bits per heavy atom. The highest BCUT2D eigenvalue weighted by Gasteiger charge is 2.28. The summed E-state index contributed by atoms with van der Waals surface area (Å²) < 4.78 is 32.5. The minimum atomic E-state index is -4.74. The Morgan fingerprint density at radius 1 is 0.593 bits per heavy atom. The number of unbranched alkanes of at least 4 members (excludes halogenated alkanes) is 7. The number of carbonyl (C=O) groups excluding carboxylic acids is 2. The number of hydrogen-bond donors (Lipinski definition) is 3. The number of ether oxygens (including phenoxy) is 2. The summed E-state index contributed by atoms with van der Waals surface area (Å²) in [7, 11) is -4.74. The van der Waals surface area contributed by atoms with Crippen LogP contribution in [0.3, 0.4) is 0 Å². The molecule has 0 fully saturated rings. The molecule has 0 saturated carbocycles. The smallest absolute Gasteiger partial charge is 0.472 e. The topological polar surface area (TPSA) is 172 Å². The molecule has 54 heavy (non-hydrogen) atoms. The molecule has 0 aromatic rings. The summed E-state index contributed by atoms with van der Waals surface area (Å²) >= 11 is 0. The summed E-state index contributed by atoms with van der Waals surface area (Å²) in [6.07, 6.45) is 43.7. The molecule has 0 bridgehead atoms. The molecule has 306 valence electrons. The lowest BCUT2D eigenvalue weighted by molar-refractivity contribution is -0.161. The van der Waals surface area contributed by atoms with Crippen LogP contribution in [0.1, 0.15) is 129 Å². The quantitative estimate of drug-likeness (QED) is 0.0242. The molecule has 0 radical (unpaired) electrons. The predicted octanol–water partition coefficient (Wildman–Crippen LogP) is 9.94. The molecule has 3 atom stereocenters. The molecule has 0 aliphatic rings. The van der Waals surface area contributed by atoms with E-state index in [4.69, 9.17) is 24.8 Å². The van der Waals surface area contributed by atoms with Gasteiger partial charge in [-0.05, 0) is 89.9 Å². The summed E-state index contributed by atoms with van der Waals surface area (Å²) in [6.45, 7) is 2.54. The lowest BCUT2D eigenvalue weighted by atomic mass is 10.1. The van der Waals surface area contributed by atoms with Gasteiger partial charge in [0.25, 0.3) is 0 Å². The van der Waals surface area contributed by atoms with Crippen LogP contribution in [-0.4, -0.2) is 59.9 Å². The molecule has 0 spiro atoms. The van der Waals surface area contributed by atoms with Gasteiger partial charge in [0.15, 0.2) is 6.10 Å². The van der Waals surface area contributed by atoms with Crippen LogP contribution in [0.2, 0.25) is 0 Å². The number of nitrogens with two attached hydrogens (primary N) is 1. The molecule has 0 heterocycles. The van der Waals surface area contributed by atoms with Crippen LogP contribution in [0.5, 0.6) is 0 Å². The number of carboxylic acid groups (broad SMARTS) is 1. The van der Waals surface area contributed by atoms with Gasteiger partial charge in [-0.15, -0.1) is 0 Å². The molecule has 11 nitrogen and oxygen atoms in total. The Balaban J connectivity index is 4.59. The van der Waals surface area contributed by atoms with Gasteiger partial charge in [-0.2, -0.15) is 0 Å². The average Bonchev–Trinajstić information content (AvgIpc) is 3.14. The van der Waals surface area contributed by atoms with E-state index in [0.717, 1.165) is 70.6 Å². The first kappa shape index (κ1) is 50.7. The third-order valence-electron chi connectivity index (χ3n) is 7.63. The Labute approximate surface area is 324 Å². The van der Waals surface area contributed by atoms with E-state index in [1.807, 2.05) is 0 Å². The summed E-state index contributed by atoms with van der Waals surface area (Å²) in [4.78, 5) is 45.8. The highest BCUT2D eigenvalue weighted by molar-refractivity contribution is 7.47. The Hall–Kier alpha value is -3.34. The van der Waals surface area contributed by atoms with Crippen LogP contribution in [-0.2, 0) is 37.5 Å². The van der Waals surface area contributed by atoms with Gasteiger partial charge >= 0.3 is 25.7 Å². The molecule has 1 unspecified atom stereocenters. The second-order valence-electron chi connectivity index (χ2n) is 12.7. The van der Waals surface area contributed by atoms with E-state index in [9.17, 15) is 23.8 Å². The van der Waals surface area contributed by atoms with Crippen molar-refractivity contribution in [2.24, 2.45) is 5.73 Å². The number of aliphatic carboxylic acids is 1. The molecule has 0 aliphatic carbocycles. The Morgan fingerprint density at radius 2 is 1.02 bits per heavy atom. The van der Waals surface area contributed by atoms with Crippen LogP contribution in [0.25, 0.3) is 0 Å². The SMILES string of the molecule is CC/C=C\C/C=C\C/C=C\C/C=C\CCCCC(=O)OC[C@H](COP(=O)(O)OC[C@H](N)C(=O)O)OC(=O)CCCC/C=C\C/C=C\C/C=C\CCCCC.